The lowest BCUT2D eigenvalue weighted by molar-refractivity contribution is -0.137. The molecule has 27 heavy (non-hydrogen) atoms. The maximum atomic E-state index is 12.3. The van der Waals surface area contributed by atoms with E-state index in [2.05, 4.69) is 20.4 Å². The molecule has 0 unspecified atom stereocenters. The van der Waals surface area contributed by atoms with Gasteiger partial charge in [-0.05, 0) is 44.8 Å². The molecule has 0 atom stereocenters. The van der Waals surface area contributed by atoms with Gasteiger partial charge in [-0.1, -0.05) is 12.1 Å². The molecule has 1 aliphatic rings. The van der Waals surface area contributed by atoms with Gasteiger partial charge in [0, 0.05) is 25.2 Å². The van der Waals surface area contributed by atoms with Crippen LogP contribution in [0.3, 0.4) is 0 Å². The molecule has 1 N–H and O–H groups in total. The first-order chi connectivity index (χ1) is 13.0. The molecule has 8 heteroatoms. The van der Waals surface area contributed by atoms with E-state index in [4.69, 9.17) is 9.26 Å². The van der Waals surface area contributed by atoms with Crippen LogP contribution in [0.1, 0.15) is 22.8 Å². The molecule has 7 nitrogen and oxygen atoms in total. The molecule has 0 spiro atoms. The number of benzene rings is 1. The van der Waals surface area contributed by atoms with Gasteiger partial charge in [0.25, 0.3) is 5.91 Å². The molecule has 146 valence electrons. The first kappa shape index (κ1) is 21.3. The molecule has 1 amide bonds. The Morgan fingerprint density at radius 3 is 2.74 bits per heavy atom. The van der Waals surface area contributed by atoms with Crippen LogP contribution in [0, 0.1) is 0 Å². The van der Waals surface area contributed by atoms with Gasteiger partial charge >= 0.3 is 5.97 Å². The third-order valence-electron chi connectivity index (χ3n) is 3.81. The van der Waals surface area contributed by atoms with Gasteiger partial charge in [-0.15, -0.1) is 5.73 Å². The van der Waals surface area contributed by atoms with Crippen LogP contribution in [0.15, 0.2) is 36.1 Å². The van der Waals surface area contributed by atoms with Gasteiger partial charge in [-0.2, -0.15) is 0 Å². The second kappa shape index (κ2) is 11.0. The van der Waals surface area contributed by atoms with Gasteiger partial charge in [-0.25, -0.2) is 14.1 Å². The highest BCUT2D eigenvalue weighted by Gasteiger charge is 2.27. The molecule has 1 aliphatic heterocycles. The SMILES string of the molecule is CCOC(=O)C=C=Cc1cccc(C(=O)NCCOP2N(C)CCN2C)c1. The zero-order valence-electron chi connectivity index (χ0n) is 16.0. The lowest BCUT2D eigenvalue weighted by Gasteiger charge is -2.23. The van der Waals surface area contributed by atoms with Crippen molar-refractivity contribution in [1.82, 2.24) is 14.7 Å². The molecule has 2 rings (SSSR count). The Morgan fingerprint density at radius 2 is 2.04 bits per heavy atom. The van der Waals surface area contributed by atoms with Crippen LogP contribution in [-0.4, -0.2) is 68.2 Å². The Hall–Kier alpha value is -2.01. The highest BCUT2D eigenvalue weighted by Crippen LogP contribution is 2.46. The van der Waals surface area contributed by atoms with Crippen molar-refractivity contribution in [3.8, 4) is 0 Å². The summed E-state index contributed by atoms with van der Waals surface area (Å²) in [6, 6.07) is 7.10. The molecule has 1 aromatic rings. The number of amides is 1. The summed E-state index contributed by atoms with van der Waals surface area (Å²) in [5.74, 6) is -0.605. The van der Waals surface area contributed by atoms with Crippen molar-refractivity contribution in [3.63, 3.8) is 0 Å². The predicted molar refractivity (Wildman–Crippen MR) is 106 cm³/mol. The number of hydrogen-bond donors (Lipinski definition) is 1. The molecule has 1 aromatic carbocycles. The van der Waals surface area contributed by atoms with Crippen LogP contribution in [0.4, 0.5) is 0 Å². The van der Waals surface area contributed by atoms with Gasteiger partial charge in [0.15, 0.2) is 8.45 Å². The number of nitrogens with one attached hydrogen (secondary N) is 1. The van der Waals surface area contributed by atoms with Crippen molar-refractivity contribution >= 4 is 26.4 Å². The lowest BCUT2D eigenvalue weighted by Crippen LogP contribution is -2.27. The Balaban J connectivity index is 1.82. The molecule has 1 fully saturated rings. The van der Waals surface area contributed by atoms with Crippen LogP contribution in [0.25, 0.3) is 6.08 Å². The maximum Gasteiger partial charge on any atom is 0.338 e. The second-order valence-corrected chi connectivity index (χ2v) is 8.07. The van der Waals surface area contributed by atoms with Gasteiger partial charge in [0.2, 0.25) is 0 Å². The van der Waals surface area contributed by atoms with Crippen LogP contribution in [0.2, 0.25) is 0 Å². The average molecular weight is 391 g/mol. The van der Waals surface area contributed by atoms with Gasteiger partial charge < -0.3 is 14.6 Å². The van der Waals surface area contributed by atoms with Crippen molar-refractivity contribution in [2.75, 3.05) is 46.9 Å². The Morgan fingerprint density at radius 1 is 1.30 bits per heavy atom. The number of esters is 1. The number of ether oxygens (including phenoxy) is 1. The summed E-state index contributed by atoms with van der Waals surface area (Å²) in [5.41, 5.74) is 4.08. The van der Waals surface area contributed by atoms with E-state index in [1.807, 2.05) is 20.2 Å². The summed E-state index contributed by atoms with van der Waals surface area (Å²) in [7, 11) is 3.38. The number of likely N-dealkylation sites (N-methyl/N-ethyl adjacent to an activating group) is 2. The largest absolute Gasteiger partial charge is 0.462 e. The topological polar surface area (TPSA) is 71.1 Å². The predicted octanol–water partition coefficient (Wildman–Crippen LogP) is 2.27. The number of carbonyl (C=O) groups is 2. The smallest absolute Gasteiger partial charge is 0.338 e. The molecule has 0 aromatic heterocycles. The van der Waals surface area contributed by atoms with Crippen LogP contribution in [0.5, 0.6) is 0 Å². The third-order valence-corrected chi connectivity index (χ3v) is 5.79. The van der Waals surface area contributed by atoms with E-state index in [0.29, 0.717) is 25.3 Å². The van der Waals surface area contributed by atoms with Gasteiger partial charge in [0.1, 0.15) is 0 Å². The van der Waals surface area contributed by atoms with E-state index in [0.717, 1.165) is 18.7 Å². The van der Waals surface area contributed by atoms with Crippen molar-refractivity contribution in [2.45, 2.75) is 6.92 Å². The fourth-order valence-corrected chi connectivity index (χ4v) is 4.16. The maximum absolute atomic E-state index is 12.3. The minimum absolute atomic E-state index is 0.163. The second-order valence-electron chi connectivity index (χ2n) is 5.94. The minimum Gasteiger partial charge on any atom is -0.462 e. The van der Waals surface area contributed by atoms with E-state index >= 15 is 0 Å². The fraction of sp³-hybridized carbons (Fsp3) is 0.421. The zero-order valence-corrected chi connectivity index (χ0v) is 16.9. The van der Waals surface area contributed by atoms with Gasteiger partial charge in [0.05, 0.1) is 19.3 Å². The Kier molecular flexibility index (Phi) is 8.65. The minimum atomic E-state index is -0.712. The molecular formula is C19H26N3O4P. The number of nitrogens with zero attached hydrogens (tertiary/aromatic N) is 2. The fourth-order valence-electron chi connectivity index (χ4n) is 2.47. The van der Waals surface area contributed by atoms with Crippen LogP contribution >= 0.6 is 8.45 Å². The summed E-state index contributed by atoms with van der Waals surface area (Å²) in [6.45, 7) is 4.98. The Bertz CT molecular complexity index is 709. The summed E-state index contributed by atoms with van der Waals surface area (Å²) < 4.78 is 15.0. The number of rotatable bonds is 8. The van der Waals surface area contributed by atoms with Crippen molar-refractivity contribution in [1.29, 1.82) is 0 Å². The summed E-state index contributed by atoms with van der Waals surface area (Å²) in [4.78, 5) is 23.5. The summed E-state index contributed by atoms with van der Waals surface area (Å²) in [5, 5.41) is 2.86. The lowest BCUT2D eigenvalue weighted by atomic mass is 10.1. The molecular weight excluding hydrogens is 365 g/mol. The summed E-state index contributed by atoms with van der Waals surface area (Å²) >= 11 is 0. The first-order valence-corrected chi connectivity index (χ1v) is 10.0. The summed E-state index contributed by atoms with van der Waals surface area (Å²) in [6.07, 6.45) is 2.86. The highest BCUT2D eigenvalue weighted by atomic mass is 31.2. The zero-order chi connectivity index (χ0) is 19.6. The highest BCUT2D eigenvalue weighted by molar-refractivity contribution is 7.47. The molecule has 0 bridgehead atoms. The monoisotopic (exact) mass is 391 g/mol. The number of hydrogen-bond acceptors (Lipinski definition) is 6. The molecule has 0 radical (unpaired) electrons. The standard InChI is InChI=1S/C19H26N3O4P/c1-4-25-18(23)10-6-8-16-7-5-9-17(15-16)19(24)20-11-14-26-27-21(2)12-13-22(27)3/h5,7-10,15H,4,11-14H2,1-3H3,(H,20,24). The van der Waals surface area contributed by atoms with E-state index in [-0.39, 0.29) is 5.91 Å². The molecule has 1 heterocycles. The molecule has 0 aliphatic carbocycles. The normalized spacial score (nSPS) is 15.2. The van der Waals surface area contributed by atoms with Crippen LogP contribution in [-0.2, 0) is 14.1 Å². The third kappa shape index (κ3) is 6.90. The average Bonchev–Trinajstić information content (AvgIpc) is 2.97. The van der Waals surface area contributed by atoms with Crippen molar-refractivity contribution in [3.05, 3.63) is 47.2 Å². The van der Waals surface area contributed by atoms with E-state index < -0.39 is 14.4 Å². The van der Waals surface area contributed by atoms with Crippen molar-refractivity contribution < 1.29 is 18.8 Å². The Labute approximate surface area is 161 Å². The van der Waals surface area contributed by atoms with Crippen LogP contribution < -0.4 is 5.32 Å². The van der Waals surface area contributed by atoms with E-state index in [1.165, 1.54) is 6.08 Å². The first-order valence-electron chi connectivity index (χ1n) is 8.84. The molecule has 1 saturated heterocycles. The quantitative estimate of drug-likeness (QED) is 0.241. The number of carbonyl (C=O) groups excluding carboxylic acids is 2. The van der Waals surface area contributed by atoms with E-state index in [9.17, 15) is 9.59 Å². The van der Waals surface area contributed by atoms with Crippen molar-refractivity contribution in [2.24, 2.45) is 0 Å². The van der Waals surface area contributed by atoms with Gasteiger partial charge in [-0.3, -0.25) is 4.79 Å². The van der Waals surface area contributed by atoms with E-state index in [1.54, 1.807) is 31.2 Å². The molecule has 0 saturated carbocycles.